The maximum Gasteiger partial charge on any atom is 0.308 e. The number of rotatable bonds is 4. The molecule has 128 valence electrons. The van der Waals surface area contributed by atoms with E-state index < -0.39 is 17.4 Å². The molecule has 0 aliphatic heterocycles. The van der Waals surface area contributed by atoms with Gasteiger partial charge in [0.05, 0.1) is 23.2 Å². The smallest absolute Gasteiger partial charge is 0.308 e. The predicted octanol–water partition coefficient (Wildman–Crippen LogP) is 1.61. The average Bonchev–Trinajstić information content (AvgIpc) is 2.99. The van der Waals surface area contributed by atoms with Crippen LogP contribution in [0.2, 0.25) is 0 Å². The van der Waals surface area contributed by atoms with E-state index in [1.807, 2.05) is 0 Å². The van der Waals surface area contributed by atoms with Crippen LogP contribution in [0.25, 0.3) is 10.2 Å². The summed E-state index contributed by atoms with van der Waals surface area (Å²) >= 11 is 1.37. The van der Waals surface area contributed by atoms with E-state index in [1.54, 1.807) is 18.4 Å². The number of fused-ring (bicyclic) bond motifs is 1. The molecule has 2 unspecified atom stereocenters. The number of carbonyl (C=O) groups excluding carboxylic acids is 1. The molecular weight excluding hydrogens is 330 g/mol. The van der Waals surface area contributed by atoms with Crippen LogP contribution >= 0.6 is 11.3 Å². The van der Waals surface area contributed by atoms with Crippen LogP contribution in [-0.2, 0) is 16.1 Å². The Bertz CT molecular complexity index is 843. The van der Waals surface area contributed by atoms with Gasteiger partial charge in [0.15, 0.2) is 0 Å². The summed E-state index contributed by atoms with van der Waals surface area (Å²) in [6.07, 6.45) is 4.25. The summed E-state index contributed by atoms with van der Waals surface area (Å²) in [5.41, 5.74) is -1.05. The molecule has 2 heterocycles. The Morgan fingerprint density at radius 3 is 3.04 bits per heavy atom. The third kappa shape index (κ3) is 3.06. The van der Waals surface area contributed by atoms with Crippen molar-refractivity contribution in [1.82, 2.24) is 14.9 Å². The molecule has 7 nitrogen and oxygen atoms in total. The van der Waals surface area contributed by atoms with Crippen molar-refractivity contribution >= 4 is 33.4 Å². The number of carboxylic acids is 1. The lowest BCUT2D eigenvalue weighted by molar-refractivity contribution is -0.146. The number of hydrogen-bond donors (Lipinski definition) is 2. The van der Waals surface area contributed by atoms with Gasteiger partial charge in [-0.05, 0) is 31.2 Å². The molecule has 0 saturated heterocycles. The second-order valence-corrected chi connectivity index (χ2v) is 7.31. The summed E-state index contributed by atoms with van der Waals surface area (Å²) in [7, 11) is 0. The Balaban J connectivity index is 1.77. The minimum absolute atomic E-state index is 0.167. The standard InChI is InChI=1S/C16H19N3O4S/c1-16(6-3-2-4-11(16)15(22)23)18-12(20)8-19-9-17-13-10(14(19)21)5-7-24-13/h5,7,9,11H,2-4,6,8H2,1H3,(H,18,20)(H,22,23). The number of carboxylic acid groups (broad SMARTS) is 1. The van der Waals surface area contributed by atoms with Gasteiger partial charge in [-0.15, -0.1) is 11.3 Å². The van der Waals surface area contributed by atoms with Crippen LogP contribution in [0.4, 0.5) is 0 Å². The number of aromatic nitrogens is 2. The van der Waals surface area contributed by atoms with Gasteiger partial charge in [0, 0.05) is 0 Å². The molecule has 0 spiro atoms. The molecule has 8 heteroatoms. The second kappa shape index (κ2) is 6.35. The topological polar surface area (TPSA) is 101 Å². The normalized spacial score (nSPS) is 24.0. The number of nitrogens with one attached hydrogen (secondary N) is 1. The van der Waals surface area contributed by atoms with Crippen molar-refractivity contribution in [3.63, 3.8) is 0 Å². The largest absolute Gasteiger partial charge is 0.481 e. The first-order valence-electron chi connectivity index (χ1n) is 7.87. The first kappa shape index (κ1) is 16.6. The van der Waals surface area contributed by atoms with E-state index in [9.17, 15) is 19.5 Å². The second-order valence-electron chi connectivity index (χ2n) is 6.42. The fourth-order valence-electron chi connectivity index (χ4n) is 3.40. The SMILES string of the molecule is CC1(NC(=O)Cn2cnc3sccc3c2=O)CCCCC1C(=O)O. The van der Waals surface area contributed by atoms with Gasteiger partial charge in [0.2, 0.25) is 5.91 Å². The van der Waals surface area contributed by atoms with Crippen LogP contribution in [0, 0.1) is 5.92 Å². The van der Waals surface area contributed by atoms with E-state index in [0.29, 0.717) is 23.1 Å². The lowest BCUT2D eigenvalue weighted by Gasteiger charge is -2.39. The molecule has 2 aromatic heterocycles. The van der Waals surface area contributed by atoms with Crippen LogP contribution in [0.3, 0.4) is 0 Å². The zero-order valence-electron chi connectivity index (χ0n) is 13.3. The summed E-state index contributed by atoms with van der Waals surface area (Å²) in [5.74, 6) is -1.87. The molecule has 1 amide bonds. The van der Waals surface area contributed by atoms with Crippen molar-refractivity contribution in [2.45, 2.75) is 44.7 Å². The van der Waals surface area contributed by atoms with Crippen molar-refractivity contribution in [3.05, 3.63) is 28.1 Å². The molecule has 0 aromatic carbocycles. The average molecular weight is 349 g/mol. The molecule has 1 aliphatic rings. The van der Waals surface area contributed by atoms with Gasteiger partial charge in [0.1, 0.15) is 11.4 Å². The van der Waals surface area contributed by atoms with Gasteiger partial charge < -0.3 is 10.4 Å². The first-order chi connectivity index (χ1) is 11.4. The highest BCUT2D eigenvalue weighted by atomic mass is 32.1. The number of amides is 1. The Morgan fingerprint density at radius 2 is 2.29 bits per heavy atom. The highest BCUT2D eigenvalue weighted by molar-refractivity contribution is 7.16. The predicted molar refractivity (Wildman–Crippen MR) is 90.0 cm³/mol. The fourth-order valence-corrected chi connectivity index (χ4v) is 4.12. The number of aliphatic carboxylic acids is 1. The van der Waals surface area contributed by atoms with Crippen molar-refractivity contribution in [3.8, 4) is 0 Å². The summed E-state index contributed by atoms with van der Waals surface area (Å²) in [5, 5.41) is 14.5. The number of nitrogens with zero attached hydrogens (tertiary/aromatic N) is 2. The van der Waals surface area contributed by atoms with Crippen LogP contribution in [0.1, 0.15) is 32.6 Å². The van der Waals surface area contributed by atoms with Gasteiger partial charge in [-0.25, -0.2) is 4.98 Å². The molecule has 1 fully saturated rings. The van der Waals surface area contributed by atoms with E-state index in [2.05, 4.69) is 10.3 Å². The zero-order valence-corrected chi connectivity index (χ0v) is 14.1. The van der Waals surface area contributed by atoms with Crippen molar-refractivity contribution in [1.29, 1.82) is 0 Å². The molecule has 3 rings (SSSR count). The third-order valence-corrected chi connectivity index (χ3v) is 5.52. The maximum absolute atomic E-state index is 12.4. The molecule has 1 aliphatic carbocycles. The number of thiophene rings is 1. The molecule has 0 bridgehead atoms. The van der Waals surface area contributed by atoms with Crippen molar-refractivity contribution in [2.24, 2.45) is 5.92 Å². The van der Waals surface area contributed by atoms with E-state index >= 15 is 0 Å². The fraction of sp³-hybridized carbons (Fsp3) is 0.500. The van der Waals surface area contributed by atoms with E-state index in [-0.39, 0.29) is 18.0 Å². The Morgan fingerprint density at radius 1 is 1.50 bits per heavy atom. The van der Waals surface area contributed by atoms with Gasteiger partial charge in [0.25, 0.3) is 5.56 Å². The zero-order chi connectivity index (χ0) is 17.3. The Hall–Kier alpha value is -2.22. The number of carbonyl (C=O) groups is 2. The highest BCUT2D eigenvalue weighted by Gasteiger charge is 2.42. The molecule has 0 radical (unpaired) electrons. The molecular formula is C16H19N3O4S. The summed E-state index contributed by atoms with van der Waals surface area (Å²) in [6.45, 7) is 1.60. The lowest BCUT2D eigenvalue weighted by Crippen LogP contribution is -2.56. The summed E-state index contributed by atoms with van der Waals surface area (Å²) in [6, 6.07) is 1.69. The monoisotopic (exact) mass is 349 g/mol. The van der Waals surface area contributed by atoms with Gasteiger partial charge in [-0.2, -0.15) is 0 Å². The molecule has 1 saturated carbocycles. The van der Waals surface area contributed by atoms with Crippen LogP contribution in [-0.4, -0.2) is 32.1 Å². The lowest BCUT2D eigenvalue weighted by atomic mass is 9.74. The Labute approximate surface area is 142 Å². The van der Waals surface area contributed by atoms with E-state index in [0.717, 1.165) is 12.8 Å². The van der Waals surface area contributed by atoms with E-state index in [4.69, 9.17) is 0 Å². The minimum Gasteiger partial charge on any atom is -0.481 e. The summed E-state index contributed by atoms with van der Waals surface area (Å²) in [4.78, 5) is 41.0. The van der Waals surface area contributed by atoms with E-state index in [1.165, 1.54) is 22.2 Å². The maximum atomic E-state index is 12.4. The van der Waals surface area contributed by atoms with Crippen molar-refractivity contribution in [2.75, 3.05) is 0 Å². The first-order valence-corrected chi connectivity index (χ1v) is 8.75. The quantitative estimate of drug-likeness (QED) is 0.873. The molecule has 24 heavy (non-hydrogen) atoms. The molecule has 2 N–H and O–H groups in total. The van der Waals surface area contributed by atoms with Crippen LogP contribution in [0.15, 0.2) is 22.6 Å². The van der Waals surface area contributed by atoms with Gasteiger partial charge >= 0.3 is 5.97 Å². The van der Waals surface area contributed by atoms with Crippen LogP contribution in [0.5, 0.6) is 0 Å². The third-order valence-electron chi connectivity index (χ3n) is 4.70. The van der Waals surface area contributed by atoms with Gasteiger partial charge in [-0.3, -0.25) is 19.0 Å². The minimum atomic E-state index is -0.893. The van der Waals surface area contributed by atoms with Crippen LogP contribution < -0.4 is 10.9 Å². The molecule has 2 aromatic rings. The Kier molecular flexibility index (Phi) is 4.40. The number of hydrogen-bond acceptors (Lipinski definition) is 5. The van der Waals surface area contributed by atoms with Crippen molar-refractivity contribution < 1.29 is 14.7 Å². The highest BCUT2D eigenvalue weighted by Crippen LogP contribution is 2.33. The summed E-state index contributed by atoms with van der Waals surface area (Å²) < 4.78 is 1.26. The molecule has 2 atom stereocenters. The van der Waals surface area contributed by atoms with Gasteiger partial charge in [-0.1, -0.05) is 12.8 Å².